The number of hydrogen-bond donors (Lipinski definition) is 4. The highest BCUT2D eigenvalue weighted by Crippen LogP contribution is 2.31. The third-order valence-electron chi connectivity index (χ3n) is 4.90. The topological polar surface area (TPSA) is 99.3 Å². The molecule has 4 N–H and O–H groups in total. The molecule has 3 amide bonds. The fourth-order valence-electron chi connectivity index (χ4n) is 3.04. The molecule has 31 heavy (non-hydrogen) atoms. The molecule has 3 rings (SSSR count). The standard InChI is InChI=1S/C24H30N4O3/c1-15-19(6-5-7-20(15)27-22(30)16-8-9-16)25-14-21(29)26-18-12-10-17(11-13-18)23(31)28-24(2,3)4/h5-7,10-13,16,25H,8-9,14H2,1-4H3,(H,26,29)(H,27,30)(H,28,31). The number of carbonyl (C=O) groups is 3. The van der Waals surface area contributed by atoms with Gasteiger partial charge in [-0.15, -0.1) is 0 Å². The van der Waals surface area contributed by atoms with Gasteiger partial charge in [-0.25, -0.2) is 0 Å². The lowest BCUT2D eigenvalue weighted by molar-refractivity contribution is -0.117. The van der Waals surface area contributed by atoms with E-state index in [1.165, 1.54) is 0 Å². The van der Waals surface area contributed by atoms with E-state index >= 15 is 0 Å². The number of hydrogen-bond acceptors (Lipinski definition) is 4. The molecule has 7 nitrogen and oxygen atoms in total. The summed E-state index contributed by atoms with van der Waals surface area (Å²) in [6.07, 6.45) is 1.90. The van der Waals surface area contributed by atoms with Crippen molar-refractivity contribution in [2.45, 2.75) is 46.1 Å². The molecular weight excluding hydrogens is 392 g/mol. The molecule has 0 aromatic heterocycles. The van der Waals surface area contributed by atoms with Crippen LogP contribution in [0.4, 0.5) is 17.1 Å². The second-order valence-corrected chi connectivity index (χ2v) is 8.92. The minimum absolute atomic E-state index is 0.0534. The molecule has 0 radical (unpaired) electrons. The zero-order chi connectivity index (χ0) is 22.6. The number of anilines is 3. The van der Waals surface area contributed by atoms with Gasteiger partial charge in [-0.3, -0.25) is 14.4 Å². The second kappa shape index (κ2) is 9.20. The second-order valence-electron chi connectivity index (χ2n) is 8.92. The van der Waals surface area contributed by atoms with Crippen molar-refractivity contribution in [1.82, 2.24) is 5.32 Å². The van der Waals surface area contributed by atoms with Gasteiger partial charge >= 0.3 is 0 Å². The Balaban J connectivity index is 1.53. The van der Waals surface area contributed by atoms with Crippen LogP contribution in [0, 0.1) is 12.8 Å². The first-order valence-corrected chi connectivity index (χ1v) is 10.5. The first kappa shape index (κ1) is 22.3. The van der Waals surface area contributed by atoms with Gasteiger partial charge in [-0.2, -0.15) is 0 Å². The lowest BCUT2D eigenvalue weighted by Gasteiger charge is -2.20. The van der Waals surface area contributed by atoms with Crippen LogP contribution in [-0.4, -0.2) is 29.8 Å². The fourth-order valence-corrected chi connectivity index (χ4v) is 3.04. The van der Waals surface area contributed by atoms with Crippen molar-refractivity contribution in [1.29, 1.82) is 0 Å². The van der Waals surface area contributed by atoms with E-state index in [0.29, 0.717) is 11.3 Å². The van der Waals surface area contributed by atoms with E-state index in [0.717, 1.165) is 29.8 Å². The van der Waals surface area contributed by atoms with Gasteiger partial charge in [0, 0.05) is 34.1 Å². The van der Waals surface area contributed by atoms with Crippen molar-refractivity contribution in [2.24, 2.45) is 5.92 Å². The van der Waals surface area contributed by atoms with Gasteiger partial charge in [-0.1, -0.05) is 6.07 Å². The molecule has 7 heteroatoms. The summed E-state index contributed by atoms with van der Waals surface area (Å²) in [6.45, 7) is 7.75. The molecular formula is C24H30N4O3. The van der Waals surface area contributed by atoms with E-state index in [-0.39, 0.29) is 35.7 Å². The molecule has 0 aliphatic heterocycles. The lowest BCUT2D eigenvalue weighted by atomic mass is 10.1. The van der Waals surface area contributed by atoms with Gasteiger partial charge in [0.05, 0.1) is 6.54 Å². The average molecular weight is 423 g/mol. The Hall–Kier alpha value is -3.35. The summed E-state index contributed by atoms with van der Waals surface area (Å²) in [5, 5.41) is 11.8. The van der Waals surface area contributed by atoms with Crippen molar-refractivity contribution < 1.29 is 14.4 Å². The molecule has 164 valence electrons. The summed E-state index contributed by atoms with van der Waals surface area (Å²) in [4.78, 5) is 36.5. The van der Waals surface area contributed by atoms with E-state index in [1.807, 2.05) is 45.9 Å². The van der Waals surface area contributed by atoms with Crippen LogP contribution in [0.15, 0.2) is 42.5 Å². The summed E-state index contributed by atoms with van der Waals surface area (Å²) in [7, 11) is 0. The maximum atomic E-state index is 12.3. The molecule has 2 aromatic rings. The molecule has 1 aliphatic carbocycles. The van der Waals surface area contributed by atoms with Crippen molar-refractivity contribution in [2.75, 3.05) is 22.5 Å². The van der Waals surface area contributed by atoms with Gasteiger partial charge in [0.2, 0.25) is 11.8 Å². The van der Waals surface area contributed by atoms with Gasteiger partial charge in [0.15, 0.2) is 0 Å². The summed E-state index contributed by atoms with van der Waals surface area (Å²) in [5.41, 5.74) is 3.27. The van der Waals surface area contributed by atoms with Crippen LogP contribution in [0.1, 0.15) is 49.5 Å². The zero-order valence-electron chi connectivity index (χ0n) is 18.5. The fraction of sp³-hybridized carbons (Fsp3) is 0.375. The van der Waals surface area contributed by atoms with Crippen molar-refractivity contribution in [3.8, 4) is 0 Å². The van der Waals surface area contributed by atoms with Crippen LogP contribution in [0.25, 0.3) is 0 Å². The summed E-state index contributed by atoms with van der Waals surface area (Å²) >= 11 is 0. The molecule has 0 atom stereocenters. The van der Waals surface area contributed by atoms with Crippen LogP contribution in [0.2, 0.25) is 0 Å². The summed E-state index contributed by atoms with van der Waals surface area (Å²) < 4.78 is 0. The number of benzene rings is 2. The first-order valence-electron chi connectivity index (χ1n) is 10.5. The van der Waals surface area contributed by atoms with Gasteiger partial charge in [0.25, 0.3) is 5.91 Å². The zero-order valence-corrected chi connectivity index (χ0v) is 18.5. The Bertz CT molecular complexity index is 973. The van der Waals surface area contributed by atoms with Gasteiger partial charge in [-0.05, 0) is 82.5 Å². The minimum atomic E-state index is -0.314. The molecule has 1 fully saturated rings. The van der Waals surface area contributed by atoms with E-state index in [1.54, 1.807) is 24.3 Å². The van der Waals surface area contributed by atoms with Crippen LogP contribution in [0.5, 0.6) is 0 Å². The maximum absolute atomic E-state index is 12.3. The highest BCUT2D eigenvalue weighted by atomic mass is 16.2. The Labute approximate surface area is 183 Å². The van der Waals surface area contributed by atoms with Gasteiger partial charge in [0.1, 0.15) is 0 Å². The van der Waals surface area contributed by atoms with Gasteiger partial charge < -0.3 is 21.3 Å². The normalized spacial score (nSPS) is 13.3. The third-order valence-corrected chi connectivity index (χ3v) is 4.90. The highest BCUT2D eigenvalue weighted by Gasteiger charge is 2.29. The Morgan fingerprint density at radius 2 is 1.58 bits per heavy atom. The van der Waals surface area contributed by atoms with Crippen LogP contribution < -0.4 is 21.3 Å². The smallest absolute Gasteiger partial charge is 0.251 e. The van der Waals surface area contributed by atoms with Crippen molar-refractivity contribution in [3.63, 3.8) is 0 Å². The summed E-state index contributed by atoms with van der Waals surface area (Å²) in [6, 6.07) is 12.3. The average Bonchev–Trinajstić information content (AvgIpc) is 3.53. The largest absolute Gasteiger partial charge is 0.376 e. The monoisotopic (exact) mass is 422 g/mol. The van der Waals surface area contributed by atoms with E-state index < -0.39 is 0 Å². The van der Waals surface area contributed by atoms with E-state index in [9.17, 15) is 14.4 Å². The minimum Gasteiger partial charge on any atom is -0.376 e. The third kappa shape index (κ3) is 6.57. The van der Waals surface area contributed by atoms with Crippen LogP contribution in [-0.2, 0) is 9.59 Å². The number of nitrogens with one attached hydrogen (secondary N) is 4. The van der Waals surface area contributed by atoms with Crippen molar-refractivity contribution >= 4 is 34.8 Å². The number of amides is 3. The molecule has 1 saturated carbocycles. The summed E-state index contributed by atoms with van der Waals surface area (Å²) in [5.74, 6) is -0.180. The van der Waals surface area contributed by atoms with Crippen LogP contribution in [0.3, 0.4) is 0 Å². The number of rotatable bonds is 7. The SMILES string of the molecule is Cc1c(NCC(=O)Nc2ccc(C(=O)NC(C)(C)C)cc2)cccc1NC(=O)C1CC1. The quantitative estimate of drug-likeness (QED) is 0.543. The molecule has 0 saturated heterocycles. The lowest BCUT2D eigenvalue weighted by Crippen LogP contribution is -2.40. The Morgan fingerprint density at radius 1 is 0.935 bits per heavy atom. The maximum Gasteiger partial charge on any atom is 0.251 e. The first-order chi connectivity index (χ1) is 14.6. The van der Waals surface area contributed by atoms with E-state index in [4.69, 9.17) is 0 Å². The molecule has 0 heterocycles. The molecule has 2 aromatic carbocycles. The Morgan fingerprint density at radius 3 is 2.19 bits per heavy atom. The van der Waals surface area contributed by atoms with Crippen molar-refractivity contribution in [3.05, 3.63) is 53.6 Å². The van der Waals surface area contributed by atoms with E-state index in [2.05, 4.69) is 21.3 Å². The molecule has 1 aliphatic rings. The predicted molar refractivity (Wildman–Crippen MR) is 123 cm³/mol. The molecule has 0 spiro atoms. The molecule has 0 unspecified atom stereocenters. The predicted octanol–water partition coefficient (Wildman–Crippen LogP) is 3.92. The number of carbonyl (C=O) groups excluding carboxylic acids is 3. The highest BCUT2D eigenvalue weighted by molar-refractivity contribution is 5.97. The molecule has 0 bridgehead atoms. The van der Waals surface area contributed by atoms with Crippen LogP contribution >= 0.6 is 0 Å². The Kier molecular flexibility index (Phi) is 6.63.